The largest absolute Gasteiger partial charge is 0.312 e. The standard InChI is InChI=1S/C22H22F2N4O/c23-22(24)14-21(15-27(16-22)13-18-5-2-8-26-12-18)7-3-9-28(20(21)29)19-6-1-4-17(10-19)11-25/h1-2,4-6,8,10,12H,3,7,9,13-16H2. The van der Waals surface area contributed by atoms with Gasteiger partial charge < -0.3 is 4.90 Å². The van der Waals surface area contributed by atoms with Gasteiger partial charge in [-0.15, -0.1) is 0 Å². The lowest BCUT2D eigenvalue weighted by atomic mass is 9.71. The number of aromatic nitrogens is 1. The number of hydrogen-bond acceptors (Lipinski definition) is 4. The summed E-state index contributed by atoms with van der Waals surface area (Å²) < 4.78 is 29.5. The van der Waals surface area contributed by atoms with Gasteiger partial charge in [-0.05, 0) is 42.7 Å². The lowest BCUT2D eigenvalue weighted by Crippen LogP contribution is -2.61. The predicted octanol–water partition coefficient (Wildman–Crippen LogP) is 3.61. The minimum absolute atomic E-state index is 0.269. The van der Waals surface area contributed by atoms with Crippen LogP contribution in [0.4, 0.5) is 14.5 Å². The second kappa shape index (κ2) is 7.53. The normalized spacial score (nSPS) is 24.4. The average molecular weight is 396 g/mol. The lowest BCUT2D eigenvalue weighted by molar-refractivity contribution is -0.155. The number of rotatable bonds is 3. The fourth-order valence-electron chi connectivity index (χ4n) is 4.65. The van der Waals surface area contributed by atoms with Gasteiger partial charge >= 0.3 is 0 Å². The van der Waals surface area contributed by atoms with Crippen molar-refractivity contribution in [2.75, 3.05) is 24.5 Å². The Bertz CT molecular complexity index is 943. The van der Waals surface area contributed by atoms with Crippen molar-refractivity contribution in [1.82, 2.24) is 9.88 Å². The SMILES string of the molecule is N#Cc1cccc(N2CCCC3(CN(Cc4cccnc4)CC(F)(F)C3)C2=O)c1. The van der Waals surface area contributed by atoms with Crippen molar-refractivity contribution in [3.63, 3.8) is 0 Å². The molecule has 150 valence electrons. The molecule has 2 aromatic rings. The van der Waals surface area contributed by atoms with E-state index in [1.165, 1.54) is 0 Å². The van der Waals surface area contributed by atoms with E-state index in [0.29, 0.717) is 43.7 Å². The highest BCUT2D eigenvalue weighted by atomic mass is 19.3. The summed E-state index contributed by atoms with van der Waals surface area (Å²) in [5.74, 6) is -3.21. The Morgan fingerprint density at radius 3 is 2.83 bits per heavy atom. The van der Waals surface area contributed by atoms with Crippen molar-refractivity contribution in [1.29, 1.82) is 5.26 Å². The van der Waals surface area contributed by atoms with E-state index in [-0.39, 0.29) is 12.5 Å². The Morgan fingerprint density at radius 2 is 2.07 bits per heavy atom. The number of alkyl halides is 2. The van der Waals surface area contributed by atoms with Gasteiger partial charge in [0, 0.05) is 44.1 Å². The summed E-state index contributed by atoms with van der Waals surface area (Å²) in [5, 5.41) is 9.15. The maximum atomic E-state index is 14.7. The molecule has 29 heavy (non-hydrogen) atoms. The fourth-order valence-corrected chi connectivity index (χ4v) is 4.65. The van der Waals surface area contributed by atoms with Crippen molar-refractivity contribution >= 4 is 11.6 Å². The number of carbonyl (C=O) groups is 1. The van der Waals surface area contributed by atoms with Gasteiger partial charge in [0.05, 0.1) is 23.6 Å². The van der Waals surface area contributed by atoms with E-state index < -0.39 is 17.8 Å². The topological polar surface area (TPSA) is 60.2 Å². The molecule has 0 bridgehead atoms. The van der Waals surface area contributed by atoms with E-state index in [9.17, 15) is 13.6 Å². The van der Waals surface area contributed by atoms with Crippen molar-refractivity contribution in [3.05, 3.63) is 59.9 Å². The molecular weight excluding hydrogens is 374 g/mol. The van der Waals surface area contributed by atoms with Crippen molar-refractivity contribution in [2.45, 2.75) is 31.7 Å². The number of nitriles is 1. The first-order valence-corrected chi connectivity index (χ1v) is 9.72. The molecule has 4 rings (SSSR count). The number of nitrogens with zero attached hydrogens (tertiary/aromatic N) is 4. The minimum atomic E-state index is -2.94. The number of halogens is 2. The molecule has 1 atom stereocenters. The van der Waals surface area contributed by atoms with Crippen LogP contribution in [0.25, 0.3) is 0 Å². The van der Waals surface area contributed by atoms with Crippen molar-refractivity contribution < 1.29 is 13.6 Å². The molecule has 2 saturated heterocycles. The number of hydrogen-bond donors (Lipinski definition) is 0. The smallest absolute Gasteiger partial charge is 0.261 e. The third kappa shape index (κ3) is 3.99. The molecule has 1 spiro atoms. The summed E-state index contributed by atoms with van der Waals surface area (Å²) in [6, 6.07) is 12.5. The van der Waals surface area contributed by atoms with E-state index >= 15 is 0 Å². The van der Waals surface area contributed by atoms with Crippen molar-refractivity contribution in [3.8, 4) is 6.07 Å². The number of likely N-dealkylation sites (tertiary alicyclic amines) is 1. The summed E-state index contributed by atoms with van der Waals surface area (Å²) >= 11 is 0. The highest BCUT2D eigenvalue weighted by Crippen LogP contribution is 2.46. The molecule has 0 saturated carbocycles. The second-order valence-corrected chi connectivity index (χ2v) is 8.04. The van der Waals surface area contributed by atoms with E-state index in [1.54, 1.807) is 52.5 Å². The molecule has 0 N–H and O–H groups in total. The molecular formula is C22H22F2N4O. The van der Waals surface area contributed by atoms with E-state index in [1.807, 2.05) is 6.07 Å². The molecule has 5 nitrogen and oxygen atoms in total. The zero-order valence-electron chi connectivity index (χ0n) is 16.0. The first kappa shape index (κ1) is 19.5. The van der Waals surface area contributed by atoms with Crippen LogP contribution in [0.15, 0.2) is 48.8 Å². The third-order valence-corrected chi connectivity index (χ3v) is 5.73. The Balaban J connectivity index is 1.62. The number of pyridine rings is 1. The van der Waals surface area contributed by atoms with Gasteiger partial charge in [0.15, 0.2) is 0 Å². The molecule has 7 heteroatoms. The van der Waals surface area contributed by atoms with E-state index in [4.69, 9.17) is 5.26 Å². The van der Waals surface area contributed by atoms with Gasteiger partial charge in [-0.3, -0.25) is 14.7 Å². The highest BCUT2D eigenvalue weighted by molar-refractivity contribution is 5.98. The fraction of sp³-hybridized carbons (Fsp3) is 0.409. The van der Waals surface area contributed by atoms with Crippen LogP contribution in [0.5, 0.6) is 0 Å². The van der Waals surface area contributed by atoms with Gasteiger partial charge in [-0.1, -0.05) is 12.1 Å². The third-order valence-electron chi connectivity index (χ3n) is 5.73. The number of carbonyl (C=O) groups excluding carboxylic acids is 1. The first-order valence-electron chi connectivity index (χ1n) is 9.72. The zero-order chi connectivity index (χ0) is 20.5. The highest BCUT2D eigenvalue weighted by Gasteiger charge is 2.55. The number of piperidine rings is 2. The number of amides is 1. The summed E-state index contributed by atoms with van der Waals surface area (Å²) in [5.41, 5.74) is 0.773. The van der Waals surface area contributed by atoms with Crippen LogP contribution in [0.3, 0.4) is 0 Å². The van der Waals surface area contributed by atoms with Gasteiger partial charge in [0.2, 0.25) is 5.91 Å². The Hall–Kier alpha value is -2.85. The average Bonchev–Trinajstić information content (AvgIpc) is 2.70. The van der Waals surface area contributed by atoms with Gasteiger partial charge in [0.1, 0.15) is 0 Å². The van der Waals surface area contributed by atoms with Gasteiger partial charge in [-0.2, -0.15) is 5.26 Å². The van der Waals surface area contributed by atoms with Crippen molar-refractivity contribution in [2.24, 2.45) is 5.41 Å². The maximum Gasteiger partial charge on any atom is 0.261 e. The van der Waals surface area contributed by atoms with E-state index in [0.717, 1.165) is 5.56 Å². The van der Waals surface area contributed by atoms with E-state index in [2.05, 4.69) is 11.1 Å². The molecule has 1 amide bonds. The zero-order valence-corrected chi connectivity index (χ0v) is 16.0. The summed E-state index contributed by atoms with van der Waals surface area (Å²) in [7, 11) is 0. The quantitative estimate of drug-likeness (QED) is 0.795. The Morgan fingerprint density at radius 1 is 1.21 bits per heavy atom. The molecule has 2 aliphatic rings. The van der Waals surface area contributed by atoms with Crippen LogP contribution >= 0.6 is 0 Å². The molecule has 1 aromatic carbocycles. The molecule has 0 radical (unpaired) electrons. The molecule has 1 aromatic heterocycles. The molecule has 2 fully saturated rings. The van der Waals surface area contributed by atoms with Gasteiger partial charge in [-0.25, -0.2) is 8.78 Å². The summed E-state index contributed by atoms with van der Waals surface area (Å²) in [4.78, 5) is 20.8. The van der Waals surface area contributed by atoms with Crippen LogP contribution in [-0.4, -0.2) is 41.3 Å². The maximum absolute atomic E-state index is 14.7. The van der Waals surface area contributed by atoms with Crippen LogP contribution in [0.2, 0.25) is 0 Å². The molecule has 2 aliphatic heterocycles. The van der Waals surface area contributed by atoms with Crippen LogP contribution in [0, 0.1) is 16.7 Å². The number of benzene rings is 1. The Kier molecular flexibility index (Phi) is 5.05. The van der Waals surface area contributed by atoms with Crippen LogP contribution in [0.1, 0.15) is 30.4 Å². The van der Waals surface area contributed by atoms with Crippen LogP contribution in [-0.2, 0) is 11.3 Å². The lowest BCUT2D eigenvalue weighted by Gasteiger charge is -2.49. The second-order valence-electron chi connectivity index (χ2n) is 8.04. The minimum Gasteiger partial charge on any atom is -0.312 e. The number of anilines is 1. The van der Waals surface area contributed by atoms with Crippen LogP contribution < -0.4 is 4.90 Å². The first-order chi connectivity index (χ1) is 13.9. The van der Waals surface area contributed by atoms with Gasteiger partial charge in [0.25, 0.3) is 5.92 Å². The molecule has 1 unspecified atom stereocenters. The molecule has 0 aliphatic carbocycles. The summed E-state index contributed by atoms with van der Waals surface area (Å²) in [6.07, 6.45) is 3.98. The summed E-state index contributed by atoms with van der Waals surface area (Å²) in [6.45, 7) is 0.748. The monoisotopic (exact) mass is 396 g/mol. The molecule has 3 heterocycles. The predicted molar refractivity (Wildman–Crippen MR) is 104 cm³/mol. The Labute approximate surface area is 168 Å².